The number of carbonyl (C=O) groups is 2. The van der Waals surface area contributed by atoms with E-state index in [4.69, 9.17) is 29.4 Å². The van der Waals surface area contributed by atoms with Crippen molar-refractivity contribution in [3.05, 3.63) is 41.9 Å². The topological polar surface area (TPSA) is 135 Å². The molecular formula is C21H24N4O6. The van der Waals surface area contributed by atoms with Crippen LogP contribution in [0.25, 0.3) is 0 Å². The van der Waals surface area contributed by atoms with Crippen molar-refractivity contribution in [3.63, 3.8) is 0 Å². The third-order valence-corrected chi connectivity index (χ3v) is 4.66. The lowest BCUT2D eigenvalue weighted by Gasteiger charge is -2.33. The molecule has 1 atom stereocenters. The van der Waals surface area contributed by atoms with Crippen LogP contribution in [0.1, 0.15) is 28.9 Å². The maximum absolute atomic E-state index is 11.7. The molecule has 164 valence electrons. The lowest BCUT2D eigenvalue weighted by atomic mass is 9.99. The van der Waals surface area contributed by atoms with Gasteiger partial charge in [0, 0.05) is 31.1 Å². The van der Waals surface area contributed by atoms with Crippen LogP contribution < -0.4 is 14.4 Å². The van der Waals surface area contributed by atoms with E-state index < -0.39 is 5.97 Å². The van der Waals surface area contributed by atoms with Crippen LogP contribution in [0.3, 0.4) is 0 Å². The van der Waals surface area contributed by atoms with E-state index in [-0.39, 0.29) is 12.2 Å². The van der Waals surface area contributed by atoms with E-state index in [0.29, 0.717) is 35.4 Å². The summed E-state index contributed by atoms with van der Waals surface area (Å²) in [5.74, 6) is 1.69. The van der Waals surface area contributed by atoms with E-state index in [2.05, 4.69) is 20.9 Å². The number of piperidine rings is 1. The number of methoxy groups -OCH3 is 2. The van der Waals surface area contributed by atoms with Gasteiger partial charge >= 0.3 is 5.97 Å². The van der Waals surface area contributed by atoms with Crippen LogP contribution in [0.2, 0.25) is 0 Å². The van der Waals surface area contributed by atoms with Crippen LogP contribution in [0, 0.1) is 17.2 Å². The van der Waals surface area contributed by atoms with Gasteiger partial charge in [0.25, 0.3) is 6.47 Å². The summed E-state index contributed by atoms with van der Waals surface area (Å²) >= 11 is 0. The van der Waals surface area contributed by atoms with Gasteiger partial charge in [-0.25, -0.2) is 14.8 Å². The molecule has 0 amide bonds. The third-order valence-electron chi connectivity index (χ3n) is 4.66. The Morgan fingerprint density at radius 2 is 2.10 bits per heavy atom. The van der Waals surface area contributed by atoms with Gasteiger partial charge < -0.3 is 24.2 Å². The number of esters is 1. The van der Waals surface area contributed by atoms with Crippen molar-refractivity contribution in [2.24, 2.45) is 5.92 Å². The summed E-state index contributed by atoms with van der Waals surface area (Å²) in [6, 6.07) is 8.87. The second kappa shape index (κ2) is 12.0. The number of anilines is 1. The van der Waals surface area contributed by atoms with Crippen LogP contribution in [0.15, 0.2) is 30.6 Å². The Hall–Kier alpha value is -3.87. The molecule has 1 saturated heterocycles. The van der Waals surface area contributed by atoms with Gasteiger partial charge in [0.2, 0.25) is 0 Å². The maximum Gasteiger partial charge on any atom is 0.356 e. The van der Waals surface area contributed by atoms with Crippen LogP contribution in [0.5, 0.6) is 11.5 Å². The highest BCUT2D eigenvalue weighted by molar-refractivity contribution is 5.87. The normalized spacial score (nSPS) is 15.0. The molecule has 0 aliphatic carbocycles. The minimum absolute atomic E-state index is 0.244. The predicted molar refractivity (Wildman–Crippen MR) is 110 cm³/mol. The molecule has 10 heteroatoms. The lowest BCUT2D eigenvalue weighted by molar-refractivity contribution is -0.122. The summed E-state index contributed by atoms with van der Waals surface area (Å²) < 4.78 is 16.0. The van der Waals surface area contributed by atoms with E-state index in [1.807, 2.05) is 0 Å². The first-order valence-electron chi connectivity index (χ1n) is 9.50. The Bertz CT molecular complexity index is 930. The monoisotopic (exact) mass is 428 g/mol. The molecule has 1 aliphatic heterocycles. The average Bonchev–Trinajstić information content (AvgIpc) is 2.82. The zero-order valence-electron chi connectivity index (χ0n) is 17.4. The number of rotatable bonds is 6. The maximum atomic E-state index is 11.7. The summed E-state index contributed by atoms with van der Waals surface area (Å²) in [5, 5.41) is 15.9. The largest absolute Gasteiger partial charge is 0.493 e. The van der Waals surface area contributed by atoms with Crippen LogP contribution >= 0.6 is 0 Å². The molecule has 0 bridgehead atoms. The lowest BCUT2D eigenvalue weighted by Crippen LogP contribution is -2.38. The Morgan fingerprint density at radius 1 is 1.32 bits per heavy atom. The van der Waals surface area contributed by atoms with Crippen molar-refractivity contribution < 1.29 is 28.9 Å². The summed E-state index contributed by atoms with van der Waals surface area (Å²) in [4.78, 5) is 30.4. The fraction of sp³-hybridized carbons (Fsp3) is 0.381. The quantitative estimate of drug-likeness (QED) is 0.538. The van der Waals surface area contributed by atoms with Crippen LogP contribution in [-0.2, 0) is 9.53 Å². The standard InChI is InChI=1S/C20H22N4O4.CH2O2/c1-26-18-8-14(10-21)5-6-17(18)28-12-15-4-3-7-24(11-15)19-9-16(20(25)27-2)22-13-23-19;2-1-3/h5-6,8-9,13,15H,3-4,7,11-12H2,1-2H3;1H,(H,2,3). The van der Waals surface area contributed by atoms with Crippen molar-refractivity contribution >= 4 is 18.3 Å². The fourth-order valence-corrected chi connectivity index (χ4v) is 3.21. The zero-order valence-corrected chi connectivity index (χ0v) is 17.4. The minimum Gasteiger partial charge on any atom is -0.493 e. The number of carbonyl (C=O) groups excluding carboxylic acids is 1. The average molecular weight is 428 g/mol. The van der Waals surface area contributed by atoms with Crippen molar-refractivity contribution in [2.45, 2.75) is 12.8 Å². The Kier molecular flexibility index (Phi) is 9.04. The van der Waals surface area contributed by atoms with Gasteiger partial charge in [0.15, 0.2) is 17.2 Å². The number of nitrogens with zero attached hydrogens (tertiary/aromatic N) is 4. The van der Waals surface area contributed by atoms with Crippen molar-refractivity contribution in [3.8, 4) is 17.6 Å². The molecule has 1 aromatic heterocycles. The van der Waals surface area contributed by atoms with Crippen molar-refractivity contribution in [2.75, 3.05) is 38.8 Å². The van der Waals surface area contributed by atoms with Gasteiger partial charge in [0.1, 0.15) is 12.1 Å². The van der Waals surface area contributed by atoms with Crippen molar-refractivity contribution in [1.29, 1.82) is 5.26 Å². The molecule has 2 aromatic rings. The Labute approximate surface area is 180 Å². The number of benzene rings is 1. The smallest absolute Gasteiger partial charge is 0.356 e. The molecule has 10 nitrogen and oxygen atoms in total. The second-order valence-corrected chi connectivity index (χ2v) is 6.60. The summed E-state index contributed by atoms with van der Waals surface area (Å²) in [6.07, 6.45) is 3.41. The molecule has 1 aromatic carbocycles. The van der Waals surface area contributed by atoms with Gasteiger partial charge in [-0.05, 0) is 25.0 Å². The molecule has 3 rings (SSSR count). The molecule has 31 heavy (non-hydrogen) atoms. The molecule has 0 spiro atoms. The Morgan fingerprint density at radius 3 is 2.77 bits per heavy atom. The molecular weight excluding hydrogens is 404 g/mol. The molecule has 1 fully saturated rings. The van der Waals surface area contributed by atoms with Crippen LogP contribution in [-0.4, -0.2) is 61.4 Å². The van der Waals surface area contributed by atoms with E-state index in [1.54, 1.807) is 31.4 Å². The number of carboxylic acid groups (broad SMARTS) is 1. The number of nitriles is 1. The highest BCUT2D eigenvalue weighted by Gasteiger charge is 2.23. The number of ether oxygens (including phenoxy) is 3. The molecule has 1 unspecified atom stereocenters. The molecule has 1 N–H and O–H groups in total. The van der Waals surface area contributed by atoms with E-state index in [1.165, 1.54) is 13.4 Å². The molecule has 2 heterocycles. The van der Waals surface area contributed by atoms with E-state index in [9.17, 15) is 4.79 Å². The first-order valence-corrected chi connectivity index (χ1v) is 9.50. The predicted octanol–water partition coefficient (Wildman–Crippen LogP) is 2.14. The third kappa shape index (κ3) is 6.57. The molecule has 0 radical (unpaired) electrons. The highest BCUT2D eigenvalue weighted by atomic mass is 16.5. The summed E-state index contributed by atoms with van der Waals surface area (Å²) in [7, 11) is 2.88. The summed E-state index contributed by atoms with van der Waals surface area (Å²) in [5.41, 5.74) is 0.770. The SMILES string of the molecule is COC(=O)c1cc(N2CCCC(COc3ccc(C#N)cc3OC)C2)ncn1.O=CO. The fourth-order valence-electron chi connectivity index (χ4n) is 3.21. The van der Waals surface area contributed by atoms with Crippen molar-refractivity contribution in [1.82, 2.24) is 9.97 Å². The first-order chi connectivity index (χ1) is 15.1. The Balaban J connectivity index is 0.00000107. The minimum atomic E-state index is -0.478. The van der Waals surface area contributed by atoms with Gasteiger partial charge in [-0.2, -0.15) is 5.26 Å². The molecule has 0 saturated carbocycles. The second-order valence-electron chi connectivity index (χ2n) is 6.60. The van der Waals surface area contributed by atoms with Gasteiger partial charge in [-0.3, -0.25) is 4.79 Å². The number of hydrogen-bond acceptors (Lipinski definition) is 9. The van der Waals surface area contributed by atoms with E-state index >= 15 is 0 Å². The van der Waals surface area contributed by atoms with Gasteiger partial charge in [-0.15, -0.1) is 0 Å². The van der Waals surface area contributed by atoms with E-state index in [0.717, 1.165) is 25.9 Å². The number of aromatic nitrogens is 2. The van der Waals surface area contributed by atoms with Crippen LogP contribution in [0.4, 0.5) is 5.82 Å². The van der Waals surface area contributed by atoms with Gasteiger partial charge in [-0.1, -0.05) is 0 Å². The number of hydrogen-bond donors (Lipinski definition) is 1. The first kappa shape index (κ1) is 23.4. The zero-order chi connectivity index (χ0) is 22.6. The highest BCUT2D eigenvalue weighted by Crippen LogP contribution is 2.29. The molecule has 1 aliphatic rings. The summed E-state index contributed by atoms with van der Waals surface area (Å²) in [6.45, 7) is 1.89. The van der Waals surface area contributed by atoms with Gasteiger partial charge in [0.05, 0.1) is 32.5 Å².